The van der Waals surface area contributed by atoms with Gasteiger partial charge in [-0.2, -0.15) is 4.31 Å². The minimum absolute atomic E-state index is 0.193. The van der Waals surface area contributed by atoms with Crippen LogP contribution in [0.1, 0.15) is 25.5 Å². The van der Waals surface area contributed by atoms with Crippen LogP contribution < -0.4 is 5.32 Å². The summed E-state index contributed by atoms with van der Waals surface area (Å²) in [5.41, 5.74) is 1.69. The van der Waals surface area contributed by atoms with Crippen LogP contribution in [-0.4, -0.2) is 80.4 Å². The number of nitrogens with zero attached hydrogens (tertiary/aromatic N) is 3. The number of ether oxygens (including phenoxy) is 1. The molecule has 1 saturated heterocycles. The summed E-state index contributed by atoms with van der Waals surface area (Å²) in [5.74, 6) is -0.491. The highest BCUT2D eigenvalue weighted by atomic mass is 35.5. The largest absolute Gasteiger partial charge is 0.463 e. The number of hydrogen-bond donors (Lipinski definition) is 1. The van der Waals surface area contributed by atoms with Gasteiger partial charge in [-0.3, -0.25) is 9.80 Å². The van der Waals surface area contributed by atoms with Gasteiger partial charge in [0, 0.05) is 50.0 Å². The smallest absolute Gasteiger partial charge is 0.338 e. The Kier molecular flexibility index (Phi) is 8.23. The molecule has 2 aromatic rings. The first-order valence-corrected chi connectivity index (χ1v) is 13.9. The van der Waals surface area contributed by atoms with E-state index in [2.05, 4.69) is 10.2 Å². The number of hydrogen-bond acceptors (Lipinski definition) is 6. The number of carbonyl (C=O) groups excluding carboxylic acids is 2. The number of halogens is 1. The van der Waals surface area contributed by atoms with Crippen molar-refractivity contribution in [3.63, 3.8) is 0 Å². The van der Waals surface area contributed by atoms with Gasteiger partial charge >= 0.3 is 12.0 Å². The standard InChI is InChI=1S/C26H31ClN4O5S/c1-4-36-25(32)23-22(29(3)26(33)28-24(23)19-8-6-5-7-9-19)17-30-14-15-31(18(2)16-30)37(34,35)21-12-10-20(27)11-13-21/h5-13,18,24H,4,14-17H2,1-3H3,(H,28,33)/t18-,24-/m1/s1. The Morgan fingerprint density at radius 2 is 1.78 bits per heavy atom. The molecule has 0 spiro atoms. The Hall–Kier alpha value is -2.92. The molecule has 2 aromatic carbocycles. The molecular formula is C26H31ClN4O5S. The lowest BCUT2D eigenvalue weighted by molar-refractivity contribution is -0.139. The number of carbonyl (C=O) groups is 2. The molecule has 2 aliphatic rings. The maximum atomic E-state index is 13.2. The molecule has 2 heterocycles. The van der Waals surface area contributed by atoms with E-state index in [4.69, 9.17) is 16.3 Å². The van der Waals surface area contributed by atoms with E-state index in [0.717, 1.165) is 5.56 Å². The third-order valence-corrected chi connectivity index (χ3v) is 8.93. The molecule has 4 rings (SSSR count). The highest BCUT2D eigenvalue weighted by molar-refractivity contribution is 7.89. The number of nitrogens with one attached hydrogen (secondary N) is 1. The van der Waals surface area contributed by atoms with Crippen LogP contribution in [0.2, 0.25) is 5.02 Å². The van der Waals surface area contributed by atoms with Crippen molar-refractivity contribution in [2.75, 3.05) is 39.8 Å². The van der Waals surface area contributed by atoms with Gasteiger partial charge in [0.2, 0.25) is 10.0 Å². The Bertz CT molecular complexity index is 1280. The van der Waals surface area contributed by atoms with E-state index in [9.17, 15) is 18.0 Å². The lowest BCUT2D eigenvalue weighted by Gasteiger charge is -2.41. The minimum Gasteiger partial charge on any atom is -0.463 e. The lowest BCUT2D eigenvalue weighted by atomic mass is 9.94. The molecule has 0 radical (unpaired) electrons. The molecule has 9 nitrogen and oxygen atoms in total. The van der Waals surface area contributed by atoms with E-state index >= 15 is 0 Å². The van der Waals surface area contributed by atoms with Crippen LogP contribution in [0.3, 0.4) is 0 Å². The Morgan fingerprint density at radius 1 is 1.11 bits per heavy atom. The van der Waals surface area contributed by atoms with Crippen molar-refractivity contribution in [1.82, 2.24) is 19.4 Å². The second-order valence-electron chi connectivity index (χ2n) is 9.09. The molecule has 0 aliphatic carbocycles. The van der Waals surface area contributed by atoms with E-state index in [1.807, 2.05) is 37.3 Å². The zero-order valence-electron chi connectivity index (χ0n) is 21.1. The van der Waals surface area contributed by atoms with Crippen molar-refractivity contribution in [2.24, 2.45) is 0 Å². The number of esters is 1. The second-order valence-corrected chi connectivity index (χ2v) is 11.4. The zero-order valence-corrected chi connectivity index (χ0v) is 22.6. The van der Waals surface area contributed by atoms with Gasteiger partial charge in [-0.1, -0.05) is 41.9 Å². The van der Waals surface area contributed by atoms with Gasteiger partial charge in [0.15, 0.2) is 0 Å². The fraction of sp³-hybridized carbons (Fsp3) is 0.385. The summed E-state index contributed by atoms with van der Waals surface area (Å²) < 4.78 is 33.4. The number of rotatable bonds is 7. The van der Waals surface area contributed by atoms with Crippen molar-refractivity contribution < 1.29 is 22.7 Å². The Morgan fingerprint density at radius 3 is 2.41 bits per heavy atom. The predicted molar refractivity (Wildman–Crippen MR) is 140 cm³/mol. The van der Waals surface area contributed by atoms with Crippen molar-refractivity contribution in [3.8, 4) is 0 Å². The van der Waals surface area contributed by atoms with Gasteiger partial charge in [-0.15, -0.1) is 0 Å². The summed E-state index contributed by atoms with van der Waals surface area (Å²) >= 11 is 5.93. The average Bonchev–Trinajstić information content (AvgIpc) is 2.87. The molecule has 11 heteroatoms. The van der Waals surface area contributed by atoms with Crippen LogP contribution >= 0.6 is 11.6 Å². The van der Waals surface area contributed by atoms with Gasteiger partial charge < -0.3 is 10.1 Å². The number of urea groups is 1. The molecule has 2 aliphatic heterocycles. The molecule has 0 saturated carbocycles. The van der Waals surface area contributed by atoms with Gasteiger partial charge in [0.05, 0.1) is 23.1 Å². The summed E-state index contributed by atoms with van der Waals surface area (Å²) in [6.45, 7) is 5.22. The highest BCUT2D eigenvalue weighted by Crippen LogP contribution is 2.32. The first kappa shape index (κ1) is 27.1. The Balaban J connectivity index is 1.61. The maximum Gasteiger partial charge on any atom is 0.338 e. The van der Waals surface area contributed by atoms with E-state index < -0.39 is 22.0 Å². The van der Waals surface area contributed by atoms with Crippen LogP contribution in [0, 0.1) is 0 Å². The minimum atomic E-state index is -3.69. The molecule has 198 valence electrons. The van der Waals surface area contributed by atoms with E-state index in [1.165, 1.54) is 21.3 Å². The summed E-state index contributed by atoms with van der Waals surface area (Å²) in [4.78, 5) is 29.7. The highest BCUT2D eigenvalue weighted by Gasteiger charge is 2.39. The molecule has 0 aromatic heterocycles. The average molecular weight is 547 g/mol. The predicted octanol–water partition coefficient (Wildman–Crippen LogP) is 3.25. The third kappa shape index (κ3) is 5.67. The quantitative estimate of drug-likeness (QED) is 0.535. The van der Waals surface area contributed by atoms with Crippen molar-refractivity contribution in [2.45, 2.75) is 30.8 Å². The van der Waals surface area contributed by atoms with Crippen LogP contribution in [0.4, 0.5) is 4.79 Å². The third-order valence-electron chi connectivity index (χ3n) is 6.65. The fourth-order valence-corrected chi connectivity index (χ4v) is 6.50. The van der Waals surface area contributed by atoms with Gasteiger partial charge in [0.1, 0.15) is 0 Å². The lowest BCUT2D eigenvalue weighted by Crippen LogP contribution is -2.56. The van der Waals surface area contributed by atoms with Crippen molar-refractivity contribution in [1.29, 1.82) is 0 Å². The second kappa shape index (κ2) is 11.2. The number of sulfonamides is 1. The van der Waals surface area contributed by atoms with Gasteiger partial charge in [-0.05, 0) is 43.7 Å². The van der Waals surface area contributed by atoms with Crippen LogP contribution in [0.5, 0.6) is 0 Å². The normalized spacial score (nSPS) is 21.6. The molecular weight excluding hydrogens is 516 g/mol. The first-order chi connectivity index (χ1) is 17.6. The van der Waals surface area contributed by atoms with Gasteiger partial charge in [0.25, 0.3) is 0 Å². The summed E-state index contributed by atoms with van der Waals surface area (Å²) in [6.07, 6.45) is 0. The first-order valence-electron chi connectivity index (χ1n) is 12.1. The van der Waals surface area contributed by atoms with E-state index in [1.54, 1.807) is 26.1 Å². The topological polar surface area (TPSA) is 99.3 Å². The molecule has 1 N–H and O–H groups in total. The molecule has 0 bridgehead atoms. The number of piperazine rings is 1. The monoisotopic (exact) mass is 546 g/mol. The SMILES string of the molecule is CCOC(=O)C1=C(CN2CCN(S(=O)(=O)c3ccc(Cl)cc3)[C@H](C)C2)N(C)C(=O)N[C@@H]1c1ccccc1. The number of benzene rings is 2. The van der Waals surface area contributed by atoms with Crippen LogP contribution in [0.15, 0.2) is 70.8 Å². The number of likely N-dealkylation sites (N-methyl/N-ethyl adjacent to an activating group) is 1. The summed E-state index contributed by atoms with van der Waals surface area (Å²) in [5, 5.41) is 3.38. The van der Waals surface area contributed by atoms with Crippen LogP contribution in [0.25, 0.3) is 0 Å². The molecule has 2 amide bonds. The van der Waals surface area contributed by atoms with Crippen molar-refractivity contribution in [3.05, 3.63) is 76.5 Å². The molecule has 37 heavy (non-hydrogen) atoms. The van der Waals surface area contributed by atoms with Gasteiger partial charge in [-0.25, -0.2) is 18.0 Å². The zero-order chi connectivity index (χ0) is 26.7. The maximum absolute atomic E-state index is 13.2. The fourth-order valence-electron chi connectivity index (χ4n) is 4.76. The summed E-state index contributed by atoms with van der Waals surface area (Å²) in [6, 6.07) is 14.1. The van der Waals surface area contributed by atoms with E-state index in [-0.39, 0.29) is 30.1 Å². The summed E-state index contributed by atoms with van der Waals surface area (Å²) in [7, 11) is -2.07. The Labute approximate surface area is 222 Å². The molecule has 2 atom stereocenters. The molecule has 1 fully saturated rings. The number of amides is 2. The molecule has 0 unspecified atom stereocenters. The van der Waals surface area contributed by atoms with Crippen molar-refractivity contribution >= 4 is 33.6 Å². The van der Waals surface area contributed by atoms with Crippen LogP contribution in [-0.2, 0) is 19.6 Å². The van der Waals surface area contributed by atoms with E-state index in [0.29, 0.717) is 35.9 Å².